The van der Waals surface area contributed by atoms with Crippen molar-refractivity contribution in [2.24, 2.45) is 0 Å². The smallest absolute Gasteiger partial charge is 0.243 e. The van der Waals surface area contributed by atoms with E-state index in [1.165, 1.54) is 0 Å². The van der Waals surface area contributed by atoms with Crippen LogP contribution in [-0.4, -0.2) is 39.8 Å². The normalized spacial score (nSPS) is 12.3. The summed E-state index contributed by atoms with van der Waals surface area (Å²) in [6.07, 6.45) is 1.96. The van der Waals surface area contributed by atoms with Crippen molar-refractivity contribution in [1.82, 2.24) is 5.32 Å². The maximum atomic E-state index is 12.5. The van der Waals surface area contributed by atoms with E-state index in [0.717, 1.165) is 33.9 Å². The van der Waals surface area contributed by atoms with Gasteiger partial charge in [0.05, 0.1) is 18.5 Å². The van der Waals surface area contributed by atoms with E-state index < -0.39 is 16.1 Å². The molecular weight excluding hydrogens is 376 g/mol. The molecule has 1 N–H and O–H groups in total. The molecule has 0 aliphatic carbocycles. The third kappa shape index (κ3) is 5.99. The van der Waals surface area contributed by atoms with Crippen LogP contribution in [0.2, 0.25) is 0 Å². The topological polar surface area (TPSA) is 75.7 Å². The molecule has 2 aromatic carbocycles. The molecule has 0 bridgehead atoms. The maximum Gasteiger partial charge on any atom is 0.243 e. The molecule has 2 rings (SSSR count). The van der Waals surface area contributed by atoms with E-state index in [2.05, 4.69) is 5.32 Å². The molecule has 0 heterocycles. The number of aryl methyl sites for hydroxylation is 2. The molecule has 152 valence electrons. The molecule has 0 fully saturated rings. The molecule has 0 spiro atoms. The van der Waals surface area contributed by atoms with Gasteiger partial charge < -0.3 is 10.1 Å². The second kappa shape index (κ2) is 9.59. The fourth-order valence-electron chi connectivity index (χ4n) is 2.81. The first-order valence-corrected chi connectivity index (χ1v) is 11.1. The number of ether oxygens (including phenoxy) is 1. The molecule has 1 amide bonds. The fourth-order valence-corrected chi connectivity index (χ4v) is 3.99. The van der Waals surface area contributed by atoms with Crippen molar-refractivity contribution in [2.75, 3.05) is 23.7 Å². The van der Waals surface area contributed by atoms with Crippen LogP contribution in [0.25, 0.3) is 0 Å². The third-order valence-electron chi connectivity index (χ3n) is 4.38. The van der Waals surface area contributed by atoms with Crippen LogP contribution in [0.5, 0.6) is 5.75 Å². The van der Waals surface area contributed by atoms with Crippen molar-refractivity contribution in [3.8, 4) is 5.75 Å². The van der Waals surface area contributed by atoms with Gasteiger partial charge in [-0.2, -0.15) is 0 Å². The number of amides is 1. The van der Waals surface area contributed by atoms with E-state index in [1.54, 1.807) is 19.1 Å². The quantitative estimate of drug-likeness (QED) is 0.652. The van der Waals surface area contributed by atoms with Gasteiger partial charge in [0.25, 0.3) is 0 Å². The van der Waals surface area contributed by atoms with Crippen LogP contribution in [-0.2, 0) is 21.2 Å². The van der Waals surface area contributed by atoms with Crippen molar-refractivity contribution in [3.05, 3.63) is 59.7 Å². The maximum absolute atomic E-state index is 12.5. The number of hydrogen-bond acceptors (Lipinski definition) is 4. The molecule has 1 unspecified atom stereocenters. The number of rotatable bonds is 9. The standard InChI is InChI=1S/C21H28N2O4S/c1-5-18-8-10-19(11-9-18)23(28(4,25)26)17(3)21(24)22-14-15-27-20-12-6-16(2)7-13-20/h6-13,17H,5,14-15H2,1-4H3,(H,22,24). The van der Waals surface area contributed by atoms with Gasteiger partial charge in [-0.15, -0.1) is 0 Å². The molecule has 0 saturated heterocycles. The summed E-state index contributed by atoms with van der Waals surface area (Å²) >= 11 is 0. The van der Waals surface area contributed by atoms with Gasteiger partial charge in [0.15, 0.2) is 0 Å². The van der Waals surface area contributed by atoms with E-state index in [-0.39, 0.29) is 12.5 Å². The van der Waals surface area contributed by atoms with Crippen molar-refractivity contribution >= 4 is 21.6 Å². The molecule has 0 radical (unpaired) electrons. The van der Waals surface area contributed by atoms with Crippen molar-refractivity contribution in [3.63, 3.8) is 0 Å². The number of carbonyl (C=O) groups excluding carboxylic acids is 1. The monoisotopic (exact) mass is 404 g/mol. The van der Waals surface area contributed by atoms with Gasteiger partial charge in [-0.3, -0.25) is 9.10 Å². The SMILES string of the molecule is CCc1ccc(N(C(C)C(=O)NCCOc2ccc(C)cc2)S(C)(=O)=O)cc1. The first-order chi connectivity index (χ1) is 13.2. The zero-order chi connectivity index (χ0) is 20.7. The van der Waals surface area contributed by atoms with Gasteiger partial charge >= 0.3 is 0 Å². The van der Waals surface area contributed by atoms with Gasteiger partial charge in [0, 0.05) is 0 Å². The van der Waals surface area contributed by atoms with E-state index in [1.807, 2.05) is 50.2 Å². The van der Waals surface area contributed by atoms with Crippen LogP contribution >= 0.6 is 0 Å². The lowest BCUT2D eigenvalue weighted by Crippen LogP contribution is -2.48. The molecule has 2 aromatic rings. The van der Waals surface area contributed by atoms with Crippen LogP contribution in [0, 0.1) is 6.92 Å². The van der Waals surface area contributed by atoms with Gasteiger partial charge in [0.2, 0.25) is 15.9 Å². The number of anilines is 1. The summed E-state index contributed by atoms with van der Waals surface area (Å²) < 4.78 is 31.3. The van der Waals surface area contributed by atoms with Crippen molar-refractivity contribution in [2.45, 2.75) is 33.2 Å². The zero-order valence-electron chi connectivity index (χ0n) is 16.8. The molecular formula is C21H28N2O4S. The van der Waals surface area contributed by atoms with E-state index in [0.29, 0.717) is 12.3 Å². The largest absolute Gasteiger partial charge is 0.492 e. The summed E-state index contributed by atoms with van der Waals surface area (Å²) in [5.41, 5.74) is 2.71. The lowest BCUT2D eigenvalue weighted by molar-refractivity contribution is -0.121. The predicted octanol–water partition coefficient (Wildman–Crippen LogP) is 2.91. The third-order valence-corrected chi connectivity index (χ3v) is 5.62. The Labute approximate surface area is 167 Å². The van der Waals surface area contributed by atoms with Crippen LogP contribution in [0.3, 0.4) is 0 Å². The molecule has 0 aliphatic rings. The molecule has 0 aromatic heterocycles. The number of sulfonamides is 1. The highest BCUT2D eigenvalue weighted by Gasteiger charge is 2.28. The number of nitrogens with zero attached hydrogens (tertiary/aromatic N) is 1. The Morgan fingerprint density at radius 2 is 1.71 bits per heavy atom. The second-order valence-electron chi connectivity index (χ2n) is 6.71. The Hall–Kier alpha value is -2.54. The number of carbonyl (C=O) groups is 1. The summed E-state index contributed by atoms with van der Waals surface area (Å²) in [5.74, 6) is 0.346. The lowest BCUT2D eigenvalue weighted by Gasteiger charge is -2.28. The first kappa shape index (κ1) is 21.8. The minimum Gasteiger partial charge on any atom is -0.492 e. The Kier molecular flexibility index (Phi) is 7.45. The van der Waals surface area contributed by atoms with Crippen molar-refractivity contribution < 1.29 is 17.9 Å². The van der Waals surface area contributed by atoms with Crippen LogP contribution in [0.4, 0.5) is 5.69 Å². The Morgan fingerprint density at radius 1 is 1.11 bits per heavy atom. The molecule has 7 heteroatoms. The predicted molar refractivity (Wildman–Crippen MR) is 112 cm³/mol. The minimum absolute atomic E-state index is 0.281. The highest BCUT2D eigenvalue weighted by Crippen LogP contribution is 2.21. The summed E-state index contributed by atoms with van der Waals surface area (Å²) in [5, 5.41) is 2.74. The van der Waals surface area contributed by atoms with Gasteiger partial charge in [-0.25, -0.2) is 8.42 Å². The Morgan fingerprint density at radius 3 is 2.25 bits per heavy atom. The molecule has 6 nitrogen and oxygen atoms in total. The van der Waals surface area contributed by atoms with Gasteiger partial charge in [-0.05, 0) is 50.1 Å². The van der Waals surface area contributed by atoms with Gasteiger partial charge in [-0.1, -0.05) is 36.8 Å². The second-order valence-corrected chi connectivity index (χ2v) is 8.57. The highest BCUT2D eigenvalue weighted by molar-refractivity contribution is 7.92. The summed E-state index contributed by atoms with van der Waals surface area (Å²) in [6.45, 7) is 6.17. The average molecular weight is 405 g/mol. The lowest BCUT2D eigenvalue weighted by atomic mass is 10.1. The van der Waals surface area contributed by atoms with E-state index in [9.17, 15) is 13.2 Å². The molecule has 0 aliphatic heterocycles. The summed E-state index contributed by atoms with van der Waals surface area (Å²) in [4.78, 5) is 12.5. The molecule has 28 heavy (non-hydrogen) atoms. The van der Waals surface area contributed by atoms with Gasteiger partial charge in [0.1, 0.15) is 18.4 Å². The average Bonchev–Trinajstić information content (AvgIpc) is 2.66. The number of nitrogens with one attached hydrogen (secondary N) is 1. The highest BCUT2D eigenvalue weighted by atomic mass is 32.2. The molecule has 1 atom stereocenters. The first-order valence-electron chi connectivity index (χ1n) is 9.28. The Bertz CT molecular complexity index is 878. The Balaban J connectivity index is 1.97. The van der Waals surface area contributed by atoms with E-state index >= 15 is 0 Å². The van der Waals surface area contributed by atoms with Crippen LogP contribution in [0.1, 0.15) is 25.0 Å². The van der Waals surface area contributed by atoms with Crippen LogP contribution < -0.4 is 14.4 Å². The zero-order valence-corrected chi connectivity index (χ0v) is 17.6. The fraction of sp³-hybridized carbons (Fsp3) is 0.381. The van der Waals surface area contributed by atoms with Crippen molar-refractivity contribution in [1.29, 1.82) is 0 Å². The number of hydrogen-bond donors (Lipinski definition) is 1. The van der Waals surface area contributed by atoms with E-state index in [4.69, 9.17) is 4.74 Å². The summed E-state index contributed by atoms with van der Waals surface area (Å²) in [7, 11) is -3.62. The minimum atomic E-state index is -3.62. The summed E-state index contributed by atoms with van der Waals surface area (Å²) in [6, 6.07) is 13.9. The number of benzene rings is 2. The molecule has 0 saturated carbocycles. The van der Waals surface area contributed by atoms with Crippen LogP contribution in [0.15, 0.2) is 48.5 Å².